The van der Waals surface area contributed by atoms with Crippen LogP contribution in [0.1, 0.15) is 20.9 Å². The second-order valence-electron chi connectivity index (χ2n) is 5.28. The van der Waals surface area contributed by atoms with Crippen molar-refractivity contribution < 1.29 is 4.79 Å². The molecule has 3 nitrogen and oxygen atoms in total. The van der Waals surface area contributed by atoms with Crippen molar-refractivity contribution in [1.29, 1.82) is 0 Å². The predicted molar refractivity (Wildman–Crippen MR) is 94.8 cm³/mol. The van der Waals surface area contributed by atoms with E-state index in [1.54, 1.807) is 11.3 Å². The Morgan fingerprint density at radius 1 is 1.09 bits per heavy atom. The normalized spacial score (nSPS) is 10.5. The fourth-order valence-corrected chi connectivity index (χ4v) is 3.13. The summed E-state index contributed by atoms with van der Waals surface area (Å²) in [5.74, 6) is -0.0637. The fraction of sp³-hybridized carbons (Fsp3) is 0.158. The molecule has 4 heteroatoms. The molecule has 1 N–H and O–H groups in total. The number of hydrogen-bond donors (Lipinski definition) is 1. The minimum absolute atomic E-state index is 0.0637. The Morgan fingerprint density at radius 3 is 2.61 bits per heavy atom. The number of thiophene rings is 1. The molecule has 0 aliphatic heterocycles. The number of amides is 1. The van der Waals surface area contributed by atoms with Gasteiger partial charge < -0.3 is 5.32 Å². The highest BCUT2D eigenvalue weighted by Crippen LogP contribution is 2.18. The minimum Gasteiger partial charge on any atom is -0.352 e. The molecule has 0 unspecified atom stereocenters. The van der Waals surface area contributed by atoms with Crippen LogP contribution in [0, 0.1) is 6.92 Å². The number of nitrogens with zero attached hydrogens (tertiary/aromatic N) is 1. The van der Waals surface area contributed by atoms with E-state index in [1.807, 2.05) is 60.8 Å². The maximum atomic E-state index is 12.3. The highest BCUT2D eigenvalue weighted by molar-refractivity contribution is 7.09. The number of benzene rings is 1. The zero-order valence-electron chi connectivity index (χ0n) is 13.0. The van der Waals surface area contributed by atoms with Gasteiger partial charge in [0.15, 0.2) is 0 Å². The molecule has 0 saturated carbocycles. The van der Waals surface area contributed by atoms with Crippen LogP contribution in [-0.2, 0) is 6.42 Å². The Kier molecular flexibility index (Phi) is 4.83. The first-order chi connectivity index (χ1) is 11.2. The molecule has 23 heavy (non-hydrogen) atoms. The molecule has 116 valence electrons. The number of hydrogen-bond acceptors (Lipinski definition) is 3. The van der Waals surface area contributed by atoms with Gasteiger partial charge in [-0.15, -0.1) is 11.3 Å². The van der Waals surface area contributed by atoms with Gasteiger partial charge in [0, 0.05) is 17.0 Å². The van der Waals surface area contributed by atoms with Gasteiger partial charge in [-0.25, -0.2) is 0 Å². The van der Waals surface area contributed by atoms with Gasteiger partial charge in [0.1, 0.15) is 0 Å². The third-order valence-corrected chi connectivity index (χ3v) is 4.57. The number of rotatable bonds is 5. The fourth-order valence-electron chi connectivity index (χ4n) is 2.42. The maximum absolute atomic E-state index is 12.3. The lowest BCUT2D eigenvalue weighted by Crippen LogP contribution is -2.26. The van der Waals surface area contributed by atoms with E-state index >= 15 is 0 Å². The first kappa shape index (κ1) is 15.4. The van der Waals surface area contributed by atoms with E-state index in [9.17, 15) is 4.79 Å². The first-order valence-electron chi connectivity index (χ1n) is 7.57. The molecule has 0 aliphatic rings. The van der Waals surface area contributed by atoms with E-state index in [4.69, 9.17) is 0 Å². The highest BCUT2D eigenvalue weighted by Gasteiger charge is 2.11. The Bertz CT molecular complexity index is 782. The van der Waals surface area contributed by atoms with Gasteiger partial charge in [-0.05, 0) is 36.9 Å². The lowest BCUT2D eigenvalue weighted by Gasteiger charge is -2.09. The number of pyridine rings is 1. The van der Waals surface area contributed by atoms with Crippen molar-refractivity contribution in [2.24, 2.45) is 0 Å². The zero-order chi connectivity index (χ0) is 16.1. The largest absolute Gasteiger partial charge is 0.352 e. The summed E-state index contributed by atoms with van der Waals surface area (Å²) in [6.45, 7) is 2.51. The van der Waals surface area contributed by atoms with E-state index < -0.39 is 0 Å². The third kappa shape index (κ3) is 3.85. The van der Waals surface area contributed by atoms with E-state index in [2.05, 4.69) is 16.4 Å². The van der Waals surface area contributed by atoms with Gasteiger partial charge in [0.2, 0.25) is 0 Å². The van der Waals surface area contributed by atoms with Crippen molar-refractivity contribution in [3.05, 3.63) is 76.1 Å². The van der Waals surface area contributed by atoms with Gasteiger partial charge in [0.05, 0.1) is 17.0 Å². The molecule has 2 aromatic heterocycles. The molecule has 1 aromatic carbocycles. The highest BCUT2D eigenvalue weighted by atomic mass is 32.1. The van der Waals surface area contributed by atoms with Crippen molar-refractivity contribution in [2.75, 3.05) is 6.54 Å². The van der Waals surface area contributed by atoms with E-state index in [-0.39, 0.29) is 5.91 Å². The Hall–Kier alpha value is -2.46. The molecule has 0 radical (unpaired) electrons. The smallest absolute Gasteiger partial charge is 0.253 e. The molecule has 0 fully saturated rings. The average Bonchev–Trinajstić information content (AvgIpc) is 3.09. The summed E-state index contributed by atoms with van der Waals surface area (Å²) in [6.07, 6.45) is 0.859. The average molecular weight is 322 g/mol. The SMILES string of the molecule is Cc1nc(-c2ccccc2)ccc1C(=O)NCCc1cccs1. The van der Waals surface area contributed by atoms with Crippen LogP contribution in [0.15, 0.2) is 60.0 Å². The van der Waals surface area contributed by atoms with Crippen LogP contribution < -0.4 is 5.32 Å². The van der Waals surface area contributed by atoms with Crippen molar-refractivity contribution in [1.82, 2.24) is 10.3 Å². The molecule has 2 heterocycles. The summed E-state index contributed by atoms with van der Waals surface area (Å²) in [5.41, 5.74) is 3.33. The van der Waals surface area contributed by atoms with Crippen molar-refractivity contribution in [2.45, 2.75) is 13.3 Å². The van der Waals surface area contributed by atoms with Crippen LogP contribution in [0.3, 0.4) is 0 Å². The molecular weight excluding hydrogens is 304 g/mol. The molecule has 3 rings (SSSR count). The second kappa shape index (κ2) is 7.20. The van der Waals surface area contributed by atoms with Gasteiger partial charge in [-0.1, -0.05) is 36.4 Å². The summed E-state index contributed by atoms with van der Waals surface area (Å²) in [4.78, 5) is 18.1. The van der Waals surface area contributed by atoms with Crippen molar-refractivity contribution in [3.8, 4) is 11.3 Å². The summed E-state index contributed by atoms with van der Waals surface area (Å²) >= 11 is 1.71. The molecular formula is C19H18N2OS. The monoisotopic (exact) mass is 322 g/mol. The molecule has 3 aromatic rings. The van der Waals surface area contributed by atoms with Crippen LogP contribution in [0.25, 0.3) is 11.3 Å². The van der Waals surface area contributed by atoms with Crippen LogP contribution in [-0.4, -0.2) is 17.4 Å². The lowest BCUT2D eigenvalue weighted by molar-refractivity contribution is 0.0953. The van der Waals surface area contributed by atoms with Crippen LogP contribution in [0.2, 0.25) is 0 Å². The topological polar surface area (TPSA) is 42.0 Å². The number of carbonyl (C=O) groups is 1. The van der Waals surface area contributed by atoms with Gasteiger partial charge in [-0.2, -0.15) is 0 Å². The Labute approximate surface area is 140 Å². The summed E-state index contributed by atoms with van der Waals surface area (Å²) < 4.78 is 0. The van der Waals surface area contributed by atoms with Gasteiger partial charge in [-0.3, -0.25) is 9.78 Å². The van der Waals surface area contributed by atoms with Crippen molar-refractivity contribution >= 4 is 17.2 Å². The van der Waals surface area contributed by atoms with E-state index in [0.717, 1.165) is 23.4 Å². The number of aryl methyl sites for hydroxylation is 1. The third-order valence-electron chi connectivity index (χ3n) is 3.64. The number of nitrogens with one attached hydrogen (secondary N) is 1. The standard InChI is InChI=1S/C19H18N2OS/c1-14-17(19(22)20-12-11-16-8-5-13-23-16)9-10-18(21-14)15-6-3-2-4-7-15/h2-10,13H,11-12H2,1H3,(H,20,22). The van der Waals surface area contributed by atoms with E-state index in [1.165, 1.54) is 4.88 Å². The molecule has 0 saturated heterocycles. The Morgan fingerprint density at radius 2 is 1.91 bits per heavy atom. The summed E-state index contributed by atoms with van der Waals surface area (Å²) in [6, 6.07) is 17.8. The second-order valence-corrected chi connectivity index (χ2v) is 6.31. The van der Waals surface area contributed by atoms with Crippen LogP contribution in [0.4, 0.5) is 0 Å². The Balaban J connectivity index is 1.66. The number of aromatic nitrogens is 1. The minimum atomic E-state index is -0.0637. The quantitative estimate of drug-likeness (QED) is 0.768. The lowest BCUT2D eigenvalue weighted by atomic mass is 10.1. The molecule has 0 aliphatic carbocycles. The van der Waals surface area contributed by atoms with E-state index in [0.29, 0.717) is 12.1 Å². The predicted octanol–water partition coefficient (Wildman–Crippen LogP) is 4.09. The maximum Gasteiger partial charge on any atom is 0.253 e. The van der Waals surface area contributed by atoms with Crippen LogP contribution >= 0.6 is 11.3 Å². The number of carbonyl (C=O) groups excluding carboxylic acids is 1. The summed E-state index contributed by atoms with van der Waals surface area (Å²) in [5, 5.41) is 5.01. The van der Waals surface area contributed by atoms with Crippen molar-refractivity contribution in [3.63, 3.8) is 0 Å². The molecule has 0 spiro atoms. The van der Waals surface area contributed by atoms with Gasteiger partial charge in [0.25, 0.3) is 5.91 Å². The molecule has 0 atom stereocenters. The first-order valence-corrected chi connectivity index (χ1v) is 8.45. The molecule has 1 amide bonds. The van der Waals surface area contributed by atoms with Crippen LogP contribution in [0.5, 0.6) is 0 Å². The van der Waals surface area contributed by atoms with Gasteiger partial charge >= 0.3 is 0 Å². The zero-order valence-corrected chi connectivity index (χ0v) is 13.8. The summed E-state index contributed by atoms with van der Waals surface area (Å²) in [7, 11) is 0. The molecule has 0 bridgehead atoms.